The predicted octanol–water partition coefficient (Wildman–Crippen LogP) is 17.0. The lowest BCUT2D eigenvalue weighted by atomic mass is 10.0. The second-order valence-electron chi connectivity index (χ2n) is 20.3. The minimum Gasteiger partial charge on any atom is -0.756 e. The van der Waals surface area contributed by atoms with Crippen LogP contribution in [0, 0.1) is 0 Å². The summed E-state index contributed by atoms with van der Waals surface area (Å²) >= 11 is 0. The minimum absolute atomic E-state index is 0.00608. The second-order valence-corrected chi connectivity index (χ2v) is 21.7. The zero-order chi connectivity index (χ0) is 52.0. The highest BCUT2D eigenvalue weighted by molar-refractivity contribution is 7.45. The zero-order valence-electron chi connectivity index (χ0n) is 46.4. The Labute approximate surface area is 438 Å². The fourth-order valence-corrected chi connectivity index (χ4v) is 8.52. The number of aliphatic hydroxyl groups excluding tert-OH is 1. The smallest absolute Gasteiger partial charge is 0.268 e. The van der Waals surface area contributed by atoms with Crippen LogP contribution in [0.5, 0.6) is 0 Å². The fraction of sp³-hybridized carbons (Fsp3) is 0.694. The van der Waals surface area contributed by atoms with Gasteiger partial charge in [-0.15, -0.1) is 0 Å². The van der Waals surface area contributed by atoms with Gasteiger partial charge in [-0.05, 0) is 83.5 Å². The first-order valence-electron chi connectivity index (χ1n) is 28.7. The summed E-state index contributed by atoms with van der Waals surface area (Å²) in [5.74, 6) is -0.176. The highest BCUT2D eigenvalue weighted by atomic mass is 31.2. The van der Waals surface area contributed by atoms with Gasteiger partial charge in [-0.25, -0.2) is 0 Å². The standard InChI is InChI=1S/C62H109N2O6P/c1-6-8-10-12-14-16-18-20-21-22-23-24-25-26-27-28-29-30-31-32-33-34-35-36-37-38-39-40-41-42-43-44-46-48-50-52-54-56-62(66)63-60(59-70-71(67,68)69-58-57-64(3,4)5)61(65)55-53-51-49-47-45-19-17-15-13-11-9-7-2/h8,10,14,16,20-21,23-24,26-27,29-30,32-33,35-36,38-39,60-61,65H,6-7,9,11-13,15,17-19,22,25,28,31,34,37,40-59H2,1-5H3,(H-,63,66,67,68)/b10-8-,16-14-,21-20-,24-23-,27-26-,30-29-,33-32-,36-35-,39-38-. The van der Waals surface area contributed by atoms with Gasteiger partial charge in [0.2, 0.25) is 5.91 Å². The fourth-order valence-electron chi connectivity index (χ4n) is 7.80. The van der Waals surface area contributed by atoms with Crippen LogP contribution in [0.25, 0.3) is 0 Å². The van der Waals surface area contributed by atoms with E-state index in [1.54, 1.807) is 0 Å². The summed E-state index contributed by atoms with van der Waals surface area (Å²) in [6, 6.07) is -0.810. The summed E-state index contributed by atoms with van der Waals surface area (Å²) in [4.78, 5) is 25.5. The lowest BCUT2D eigenvalue weighted by Crippen LogP contribution is -2.46. The number of rotatable bonds is 51. The van der Waals surface area contributed by atoms with Crippen LogP contribution < -0.4 is 10.2 Å². The van der Waals surface area contributed by atoms with Gasteiger partial charge < -0.3 is 28.8 Å². The van der Waals surface area contributed by atoms with Crippen molar-refractivity contribution in [2.75, 3.05) is 40.9 Å². The summed E-state index contributed by atoms with van der Waals surface area (Å²) in [6.07, 6.45) is 75.5. The number of unbranched alkanes of at least 4 members (excludes halogenated alkanes) is 20. The summed E-state index contributed by atoms with van der Waals surface area (Å²) in [6.45, 7) is 4.58. The van der Waals surface area contributed by atoms with Gasteiger partial charge in [-0.3, -0.25) is 9.36 Å². The molecule has 0 saturated carbocycles. The number of nitrogens with one attached hydrogen (secondary N) is 1. The molecular weight excluding hydrogens is 900 g/mol. The molecule has 0 aromatic heterocycles. The number of aliphatic hydroxyl groups is 1. The molecule has 71 heavy (non-hydrogen) atoms. The van der Waals surface area contributed by atoms with Crippen LogP contribution in [0.4, 0.5) is 0 Å². The van der Waals surface area contributed by atoms with Crippen molar-refractivity contribution in [3.8, 4) is 0 Å². The Kier molecular flexibility index (Phi) is 50.0. The third-order valence-corrected chi connectivity index (χ3v) is 13.2. The van der Waals surface area contributed by atoms with Crippen LogP contribution in [0.15, 0.2) is 109 Å². The van der Waals surface area contributed by atoms with Gasteiger partial charge in [0.05, 0.1) is 39.9 Å². The molecule has 0 rings (SSSR count). The molecule has 408 valence electrons. The molecule has 0 saturated heterocycles. The van der Waals surface area contributed by atoms with Crippen molar-refractivity contribution >= 4 is 13.7 Å². The van der Waals surface area contributed by atoms with E-state index in [2.05, 4.69) is 129 Å². The molecule has 0 radical (unpaired) electrons. The molecule has 0 spiro atoms. The molecule has 0 aliphatic heterocycles. The number of allylic oxidation sites excluding steroid dienone is 18. The lowest BCUT2D eigenvalue weighted by molar-refractivity contribution is -0.870. The molecule has 0 bridgehead atoms. The van der Waals surface area contributed by atoms with Gasteiger partial charge in [0.15, 0.2) is 0 Å². The van der Waals surface area contributed by atoms with Crippen molar-refractivity contribution in [3.63, 3.8) is 0 Å². The number of carbonyl (C=O) groups excluding carboxylic acids is 1. The van der Waals surface area contributed by atoms with E-state index in [1.807, 2.05) is 21.1 Å². The number of phosphoric acid groups is 1. The first kappa shape index (κ1) is 68.2. The van der Waals surface area contributed by atoms with E-state index in [1.165, 1.54) is 96.3 Å². The molecule has 0 aliphatic rings. The van der Waals surface area contributed by atoms with Crippen LogP contribution >= 0.6 is 7.82 Å². The van der Waals surface area contributed by atoms with E-state index in [0.29, 0.717) is 23.9 Å². The van der Waals surface area contributed by atoms with Gasteiger partial charge in [0.25, 0.3) is 7.82 Å². The van der Waals surface area contributed by atoms with Crippen LogP contribution in [0.2, 0.25) is 0 Å². The SMILES string of the molecule is CC/C=C\C/C=C\C/C=C\C/C=C\C/C=C\C/C=C\C/C=C\C/C=C\C/C=C\CCCCCCCCCCCC(=O)NC(COP(=O)([O-])OCC[N+](C)(C)C)C(O)CCCCCCCCCCCCCC. The van der Waals surface area contributed by atoms with Crippen molar-refractivity contribution in [3.05, 3.63) is 109 Å². The quantitative estimate of drug-likeness (QED) is 0.0272. The average Bonchev–Trinajstić information content (AvgIpc) is 3.33. The molecule has 1 amide bonds. The van der Waals surface area contributed by atoms with E-state index in [-0.39, 0.29) is 19.1 Å². The van der Waals surface area contributed by atoms with Crippen molar-refractivity contribution in [1.82, 2.24) is 5.32 Å². The van der Waals surface area contributed by atoms with E-state index < -0.39 is 20.0 Å². The molecule has 9 heteroatoms. The van der Waals surface area contributed by atoms with Crippen molar-refractivity contribution < 1.29 is 32.9 Å². The number of carbonyl (C=O) groups is 1. The molecule has 0 aliphatic carbocycles. The zero-order valence-corrected chi connectivity index (χ0v) is 47.3. The number of hydrogen-bond acceptors (Lipinski definition) is 6. The third kappa shape index (κ3) is 54.8. The monoisotopic (exact) mass is 1010 g/mol. The number of likely N-dealkylation sites (N-methyl/N-ethyl adjacent to an activating group) is 1. The molecule has 0 aromatic carbocycles. The molecule has 2 N–H and O–H groups in total. The Balaban J connectivity index is 4.09. The Bertz CT molecular complexity index is 1520. The second kappa shape index (κ2) is 52.0. The topological polar surface area (TPSA) is 108 Å². The molecule has 3 atom stereocenters. The minimum atomic E-state index is -4.58. The molecule has 0 fully saturated rings. The van der Waals surface area contributed by atoms with E-state index in [9.17, 15) is 19.4 Å². The Morgan fingerprint density at radius 3 is 1.25 bits per heavy atom. The largest absolute Gasteiger partial charge is 0.756 e. The number of quaternary nitrogens is 1. The van der Waals surface area contributed by atoms with Gasteiger partial charge in [0.1, 0.15) is 13.2 Å². The van der Waals surface area contributed by atoms with E-state index in [4.69, 9.17) is 9.05 Å². The first-order chi connectivity index (χ1) is 34.5. The Morgan fingerprint density at radius 1 is 0.507 bits per heavy atom. The number of nitrogens with zero attached hydrogens (tertiary/aromatic N) is 1. The molecule has 3 unspecified atom stereocenters. The molecule has 8 nitrogen and oxygen atoms in total. The molecule has 0 heterocycles. The van der Waals surface area contributed by atoms with Gasteiger partial charge >= 0.3 is 0 Å². The van der Waals surface area contributed by atoms with Gasteiger partial charge in [-0.2, -0.15) is 0 Å². The van der Waals surface area contributed by atoms with Crippen molar-refractivity contribution in [2.24, 2.45) is 0 Å². The third-order valence-electron chi connectivity index (χ3n) is 12.3. The van der Waals surface area contributed by atoms with Crippen LogP contribution in [0.1, 0.15) is 226 Å². The van der Waals surface area contributed by atoms with Crippen LogP contribution in [0.3, 0.4) is 0 Å². The van der Waals surface area contributed by atoms with Crippen LogP contribution in [-0.4, -0.2) is 68.5 Å². The van der Waals surface area contributed by atoms with Gasteiger partial charge in [0, 0.05) is 6.42 Å². The maximum Gasteiger partial charge on any atom is 0.268 e. The normalized spacial score (nSPS) is 14.7. The molecular formula is C62H109N2O6P. The average molecular weight is 1010 g/mol. The number of amides is 1. The summed E-state index contributed by atoms with van der Waals surface area (Å²) in [7, 11) is 1.29. The highest BCUT2D eigenvalue weighted by Gasteiger charge is 2.24. The predicted molar refractivity (Wildman–Crippen MR) is 306 cm³/mol. The Morgan fingerprint density at radius 2 is 0.859 bits per heavy atom. The van der Waals surface area contributed by atoms with Crippen molar-refractivity contribution in [1.29, 1.82) is 0 Å². The number of hydrogen-bond donors (Lipinski definition) is 2. The molecule has 0 aromatic rings. The summed E-state index contributed by atoms with van der Waals surface area (Å²) < 4.78 is 23.3. The van der Waals surface area contributed by atoms with E-state index >= 15 is 0 Å². The van der Waals surface area contributed by atoms with Crippen molar-refractivity contribution in [2.45, 2.75) is 238 Å². The maximum absolute atomic E-state index is 12.9. The number of phosphoric ester groups is 1. The highest BCUT2D eigenvalue weighted by Crippen LogP contribution is 2.38. The maximum atomic E-state index is 12.9. The summed E-state index contributed by atoms with van der Waals surface area (Å²) in [5.41, 5.74) is 0. The van der Waals surface area contributed by atoms with Gasteiger partial charge in [-0.1, -0.05) is 245 Å². The lowest BCUT2D eigenvalue weighted by Gasteiger charge is -2.30. The van der Waals surface area contributed by atoms with Crippen LogP contribution in [-0.2, 0) is 18.4 Å². The van der Waals surface area contributed by atoms with E-state index in [0.717, 1.165) is 103 Å². The summed E-state index contributed by atoms with van der Waals surface area (Å²) in [5, 5.41) is 14.0. The Hall–Kier alpha value is -2.84. The first-order valence-corrected chi connectivity index (χ1v) is 30.2.